The summed E-state index contributed by atoms with van der Waals surface area (Å²) in [6.07, 6.45) is 4.40. The Hall–Kier alpha value is 1.23. The molecule has 0 aliphatic heterocycles. The molecule has 3 atom stereocenters. The maximum Gasteiger partial charge on any atom is 4.00 e. The van der Waals surface area contributed by atoms with Crippen molar-refractivity contribution in [3.05, 3.63) is 11.5 Å². The van der Waals surface area contributed by atoms with Crippen molar-refractivity contribution in [2.75, 3.05) is 0 Å². The summed E-state index contributed by atoms with van der Waals surface area (Å²) in [5, 5.41) is 10.1. The summed E-state index contributed by atoms with van der Waals surface area (Å²) in [6, 6.07) is -0.160. The quantitative estimate of drug-likeness (QED) is 0.297. The first-order chi connectivity index (χ1) is 8.70. The van der Waals surface area contributed by atoms with E-state index in [0.29, 0.717) is 6.42 Å². The maximum absolute atomic E-state index is 10.2. The van der Waals surface area contributed by atoms with Gasteiger partial charge in [-0.25, -0.2) is 0 Å². The number of aliphatic carboxylic acids is 1. The van der Waals surface area contributed by atoms with Crippen LogP contribution in [0.5, 0.6) is 0 Å². The van der Waals surface area contributed by atoms with Gasteiger partial charge in [0.25, 0.3) is 0 Å². The van der Waals surface area contributed by atoms with E-state index in [9.17, 15) is 24.3 Å². The van der Waals surface area contributed by atoms with E-state index >= 15 is 0 Å². The van der Waals surface area contributed by atoms with Gasteiger partial charge in [0, 0.05) is 11.6 Å². The van der Waals surface area contributed by atoms with Crippen molar-refractivity contribution < 1.29 is 74.9 Å². The minimum absolute atomic E-state index is 0. The molecule has 1 aliphatic rings. The van der Waals surface area contributed by atoms with Crippen LogP contribution in [0.2, 0.25) is 0 Å². The molecule has 1 rings (SSSR count). The Morgan fingerprint density at radius 3 is 1.76 bits per heavy atom. The molecule has 0 aromatic carbocycles. The number of carbonyl (C=O) groups excluding carboxylic acids is 1. The van der Waals surface area contributed by atoms with E-state index in [2.05, 4.69) is 0 Å². The number of rotatable bonds is 4. The SMILES string of the molecule is CCCC(C(=O)[O-])P(=O)([O-])[O-].[NH-]C1CCCCC1[NH-].[Na+].[Pt+4]. The van der Waals surface area contributed by atoms with Gasteiger partial charge in [0.05, 0.1) is 0 Å². The predicted molar refractivity (Wildman–Crippen MR) is 66.0 cm³/mol. The smallest absolute Gasteiger partial charge is 0.810 e. The van der Waals surface area contributed by atoms with Gasteiger partial charge in [-0.3, -0.25) is 0 Å². The fourth-order valence-electron chi connectivity index (χ4n) is 1.81. The molecular formula is C11H20N2NaO5PPt. The normalized spacial score (nSPS) is 22.7. The molecule has 1 saturated carbocycles. The van der Waals surface area contributed by atoms with Crippen molar-refractivity contribution in [1.82, 2.24) is 0 Å². The Morgan fingerprint density at radius 1 is 1.24 bits per heavy atom. The number of carboxylic acids is 1. The van der Waals surface area contributed by atoms with Crippen LogP contribution < -0.4 is 44.5 Å². The van der Waals surface area contributed by atoms with Crippen molar-refractivity contribution in [2.45, 2.75) is 63.2 Å². The molecule has 0 saturated heterocycles. The fourth-order valence-corrected chi connectivity index (χ4v) is 2.64. The van der Waals surface area contributed by atoms with E-state index in [4.69, 9.17) is 11.5 Å². The van der Waals surface area contributed by atoms with Crippen LogP contribution in [0, 0.1) is 0 Å². The van der Waals surface area contributed by atoms with E-state index in [1.807, 2.05) is 0 Å². The zero-order valence-corrected chi connectivity index (χ0v) is 17.4. The van der Waals surface area contributed by atoms with Crippen molar-refractivity contribution in [3.63, 3.8) is 0 Å². The summed E-state index contributed by atoms with van der Waals surface area (Å²) < 4.78 is 10.2. The summed E-state index contributed by atoms with van der Waals surface area (Å²) in [5.74, 6) is -1.81. The third kappa shape index (κ3) is 12.3. The Balaban J connectivity index is -0.000000291. The minimum atomic E-state index is -5.01. The Bertz CT molecular complexity index is 322. The van der Waals surface area contributed by atoms with Gasteiger partial charge in [-0.1, -0.05) is 46.6 Å². The van der Waals surface area contributed by atoms with Crippen molar-refractivity contribution >= 4 is 13.6 Å². The van der Waals surface area contributed by atoms with Crippen molar-refractivity contribution in [1.29, 1.82) is 0 Å². The molecule has 7 nitrogen and oxygen atoms in total. The topological polar surface area (TPSA) is 151 Å². The second-order valence-corrected chi connectivity index (χ2v) is 6.36. The maximum atomic E-state index is 10.2. The largest absolute Gasteiger partial charge is 4.00 e. The molecule has 0 bridgehead atoms. The molecule has 0 spiro atoms. The van der Waals surface area contributed by atoms with E-state index in [1.54, 1.807) is 6.92 Å². The van der Waals surface area contributed by atoms with Gasteiger partial charge in [-0.15, -0.1) is 0 Å². The summed E-state index contributed by atoms with van der Waals surface area (Å²) >= 11 is 0. The second-order valence-electron chi connectivity index (χ2n) is 4.66. The molecule has 21 heavy (non-hydrogen) atoms. The van der Waals surface area contributed by atoms with Gasteiger partial charge in [0.15, 0.2) is 0 Å². The molecule has 2 N–H and O–H groups in total. The summed E-state index contributed by atoms with van der Waals surface area (Å²) in [5.41, 5.74) is 12.7. The van der Waals surface area contributed by atoms with Crippen LogP contribution in [-0.2, 0) is 30.4 Å². The van der Waals surface area contributed by atoms with Crippen molar-refractivity contribution in [2.24, 2.45) is 0 Å². The predicted octanol–water partition coefficient (Wildman–Crippen LogP) is -2.78. The van der Waals surface area contributed by atoms with Gasteiger partial charge in [0.1, 0.15) is 0 Å². The van der Waals surface area contributed by atoms with E-state index in [-0.39, 0.29) is 69.1 Å². The number of nitrogens with one attached hydrogen (secondary N) is 2. The molecule has 0 aromatic heterocycles. The van der Waals surface area contributed by atoms with Crippen LogP contribution in [-0.4, -0.2) is 23.7 Å². The minimum Gasteiger partial charge on any atom is -0.810 e. The standard InChI is InChI=1S/C6H12N2.C5H11O5P.Na.Pt/c7-5-3-1-2-4-6(5)8;1-2-3-4(5(6)7)11(8,9)10;;/h5-8H,1-4H2;4H,2-3H2,1H3,(H,6,7)(H2,8,9,10);;/q-2;;+1;+4/p-3. The molecule has 120 valence electrons. The average molecular weight is 509 g/mol. The fraction of sp³-hybridized carbons (Fsp3) is 0.909. The average Bonchev–Trinajstić information content (AvgIpc) is 2.29. The molecule has 3 unspecified atom stereocenters. The summed E-state index contributed by atoms with van der Waals surface area (Å²) in [7, 11) is -5.01. The second kappa shape index (κ2) is 13.6. The van der Waals surface area contributed by atoms with Crippen molar-refractivity contribution in [3.8, 4) is 0 Å². The van der Waals surface area contributed by atoms with Gasteiger partial charge < -0.3 is 35.7 Å². The van der Waals surface area contributed by atoms with Crippen LogP contribution >= 0.6 is 7.60 Å². The van der Waals surface area contributed by atoms with E-state index in [0.717, 1.165) is 12.8 Å². The van der Waals surface area contributed by atoms with Gasteiger partial charge in [-0.05, 0) is 6.42 Å². The van der Waals surface area contributed by atoms with Crippen LogP contribution in [0.25, 0.3) is 11.5 Å². The molecule has 0 radical (unpaired) electrons. The Morgan fingerprint density at radius 2 is 1.62 bits per heavy atom. The first-order valence-electron chi connectivity index (χ1n) is 6.35. The summed E-state index contributed by atoms with van der Waals surface area (Å²) in [4.78, 5) is 30.5. The first kappa shape index (κ1) is 27.1. The number of hydrogen-bond donors (Lipinski definition) is 0. The van der Waals surface area contributed by atoms with Crippen LogP contribution in [0.15, 0.2) is 0 Å². The van der Waals surface area contributed by atoms with E-state index in [1.165, 1.54) is 12.8 Å². The summed E-state index contributed by atoms with van der Waals surface area (Å²) in [6.45, 7) is 1.59. The Kier molecular flexibility index (Phi) is 17.6. The van der Waals surface area contributed by atoms with Gasteiger partial charge in [-0.2, -0.15) is 12.1 Å². The monoisotopic (exact) mass is 509 g/mol. The number of carboxylic acid groups (broad SMARTS) is 1. The molecule has 0 amide bonds. The number of carbonyl (C=O) groups is 1. The van der Waals surface area contributed by atoms with Gasteiger partial charge >= 0.3 is 50.6 Å². The van der Waals surface area contributed by atoms with E-state index < -0.39 is 19.2 Å². The first-order valence-corrected chi connectivity index (χ1v) is 7.96. The molecule has 1 aliphatic carbocycles. The van der Waals surface area contributed by atoms with Crippen LogP contribution in [0.3, 0.4) is 0 Å². The third-order valence-electron chi connectivity index (χ3n) is 2.98. The number of hydrogen-bond acceptors (Lipinski definition) is 5. The van der Waals surface area contributed by atoms with Crippen LogP contribution in [0.4, 0.5) is 0 Å². The zero-order valence-electron chi connectivity index (χ0n) is 12.3. The third-order valence-corrected chi connectivity index (χ3v) is 4.21. The van der Waals surface area contributed by atoms with Gasteiger partial charge in [0.2, 0.25) is 0 Å². The molecule has 1 fully saturated rings. The molecule has 0 aromatic rings. The molecule has 10 heteroatoms. The van der Waals surface area contributed by atoms with Crippen LogP contribution in [0.1, 0.15) is 45.4 Å². The Labute approximate surface area is 162 Å². The zero-order chi connectivity index (χ0) is 15.1. The molecular weight excluding hydrogens is 489 g/mol. The molecule has 0 heterocycles.